The van der Waals surface area contributed by atoms with Gasteiger partial charge in [-0.2, -0.15) is 0 Å². The molecule has 88 valence electrons. The monoisotopic (exact) mass is 248 g/mol. The molecule has 3 rings (SSSR count). The number of benzene rings is 1. The first-order valence-corrected chi connectivity index (χ1v) is 6.10. The van der Waals surface area contributed by atoms with Crippen molar-refractivity contribution in [1.82, 2.24) is 15.0 Å². The summed E-state index contributed by atoms with van der Waals surface area (Å²) in [6, 6.07) is 7.55. The van der Waals surface area contributed by atoms with Gasteiger partial charge in [0.1, 0.15) is 0 Å². The molecule has 0 unspecified atom stereocenters. The van der Waals surface area contributed by atoms with Crippen molar-refractivity contribution in [1.29, 1.82) is 0 Å². The summed E-state index contributed by atoms with van der Waals surface area (Å²) in [5, 5.41) is 8.81. The third kappa shape index (κ3) is 1.78. The first-order chi connectivity index (χ1) is 8.25. The lowest BCUT2D eigenvalue weighted by Crippen LogP contribution is -2.15. The molecule has 1 fully saturated rings. The zero-order valence-electron chi connectivity index (χ0n) is 9.31. The highest BCUT2D eigenvalue weighted by molar-refractivity contribution is 6.30. The summed E-state index contributed by atoms with van der Waals surface area (Å²) in [6.45, 7) is 0. The Balaban J connectivity index is 2.05. The van der Waals surface area contributed by atoms with E-state index in [1.54, 1.807) is 0 Å². The molecule has 17 heavy (non-hydrogen) atoms. The molecule has 1 aromatic carbocycles. The van der Waals surface area contributed by atoms with Crippen molar-refractivity contribution in [3.05, 3.63) is 35.0 Å². The van der Waals surface area contributed by atoms with E-state index in [2.05, 4.69) is 10.3 Å². The highest BCUT2D eigenvalue weighted by Crippen LogP contribution is 2.39. The summed E-state index contributed by atoms with van der Waals surface area (Å²) < 4.78 is 1.83. The Kier molecular flexibility index (Phi) is 2.52. The first kappa shape index (κ1) is 10.6. The number of hydrogen-bond acceptors (Lipinski definition) is 3. The molecular weight excluding hydrogens is 236 g/mol. The first-order valence-electron chi connectivity index (χ1n) is 5.73. The molecule has 1 aliphatic carbocycles. The van der Waals surface area contributed by atoms with Crippen LogP contribution >= 0.6 is 11.6 Å². The molecule has 0 amide bonds. The van der Waals surface area contributed by atoms with Gasteiger partial charge in [0.05, 0.1) is 11.4 Å². The zero-order valence-corrected chi connectivity index (χ0v) is 10.1. The maximum atomic E-state index is 5.90. The van der Waals surface area contributed by atoms with Crippen molar-refractivity contribution >= 4 is 17.4 Å². The normalized spacial score (nSPS) is 15.8. The van der Waals surface area contributed by atoms with Crippen LogP contribution in [0.15, 0.2) is 24.3 Å². The molecule has 0 radical (unpaired) electrons. The van der Waals surface area contributed by atoms with Crippen LogP contribution in [0.25, 0.3) is 5.69 Å². The maximum Gasteiger partial charge on any atom is 0.169 e. The van der Waals surface area contributed by atoms with Crippen LogP contribution in [0.1, 0.15) is 30.9 Å². The van der Waals surface area contributed by atoms with Gasteiger partial charge in [0.15, 0.2) is 5.82 Å². The number of anilines is 1. The second-order valence-electron chi connectivity index (χ2n) is 4.38. The summed E-state index contributed by atoms with van der Waals surface area (Å²) in [4.78, 5) is 0. The lowest BCUT2D eigenvalue weighted by atomic mass is 9.82. The molecule has 1 aliphatic rings. The zero-order chi connectivity index (χ0) is 11.8. The van der Waals surface area contributed by atoms with Crippen molar-refractivity contribution in [3.8, 4) is 5.69 Å². The van der Waals surface area contributed by atoms with Crippen LogP contribution in [-0.2, 0) is 0 Å². The van der Waals surface area contributed by atoms with Crippen LogP contribution < -0.4 is 5.73 Å². The van der Waals surface area contributed by atoms with Crippen LogP contribution in [0.4, 0.5) is 5.82 Å². The molecule has 1 aromatic heterocycles. The van der Waals surface area contributed by atoms with Crippen LogP contribution in [-0.4, -0.2) is 15.0 Å². The fraction of sp³-hybridized carbons (Fsp3) is 0.333. The standard InChI is InChI=1S/C12H13ClN4/c13-9-4-6-10(7-5-9)17-11(8-2-1-3-8)12(14)15-16-17/h4-8H,1-3,14H2. The predicted molar refractivity (Wildman–Crippen MR) is 67.4 cm³/mol. The van der Waals surface area contributed by atoms with Gasteiger partial charge in [-0.15, -0.1) is 5.10 Å². The molecule has 1 saturated carbocycles. The lowest BCUT2D eigenvalue weighted by molar-refractivity contribution is 0.404. The van der Waals surface area contributed by atoms with E-state index in [0.717, 1.165) is 11.4 Å². The summed E-state index contributed by atoms with van der Waals surface area (Å²) in [5.41, 5.74) is 7.90. The minimum absolute atomic E-state index is 0.501. The lowest BCUT2D eigenvalue weighted by Gasteiger charge is -2.25. The molecule has 1 heterocycles. The molecule has 0 bridgehead atoms. The van der Waals surface area contributed by atoms with Gasteiger partial charge in [0.2, 0.25) is 0 Å². The van der Waals surface area contributed by atoms with E-state index in [0.29, 0.717) is 16.8 Å². The topological polar surface area (TPSA) is 56.7 Å². The van der Waals surface area contributed by atoms with E-state index in [-0.39, 0.29) is 0 Å². The summed E-state index contributed by atoms with van der Waals surface area (Å²) in [7, 11) is 0. The van der Waals surface area contributed by atoms with Gasteiger partial charge < -0.3 is 5.73 Å². The van der Waals surface area contributed by atoms with Gasteiger partial charge in [0, 0.05) is 10.9 Å². The Bertz CT molecular complexity index is 528. The molecular formula is C12H13ClN4. The predicted octanol–water partition coefficient (Wildman–Crippen LogP) is 2.77. The molecule has 0 saturated heterocycles. The Morgan fingerprint density at radius 2 is 1.94 bits per heavy atom. The smallest absolute Gasteiger partial charge is 0.169 e. The minimum atomic E-state index is 0.501. The van der Waals surface area contributed by atoms with E-state index in [9.17, 15) is 0 Å². The number of halogens is 1. The van der Waals surface area contributed by atoms with Crippen molar-refractivity contribution in [2.45, 2.75) is 25.2 Å². The Hall–Kier alpha value is -1.55. The minimum Gasteiger partial charge on any atom is -0.381 e. The summed E-state index contributed by atoms with van der Waals surface area (Å²) >= 11 is 5.88. The summed E-state index contributed by atoms with van der Waals surface area (Å²) in [5.74, 6) is 1.05. The largest absolute Gasteiger partial charge is 0.381 e. The molecule has 5 heteroatoms. The Morgan fingerprint density at radius 3 is 2.53 bits per heavy atom. The van der Waals surface area contributed by atoms with Crippen LogP contribution in [0.5, 0.6) is 0 Å². The van der Waals surface area contributed by atoms with E-state index in [1.165, 1.54) is 19.3 Å². The number of nitrogens with two attached hydrogens (primary N) is 1. The van der Waals surface area contributed by atoms with Gasteiger partial charge in [-0.05, 0) is 37.1 Å². The SMILES string of the molecule is Nc1nnn(-c2ccc(Cl)cc2)c1C1CCC1. The van der Waals surface area contributed by atoms with Crippen LogP contribution in [0, 0.1) is 0 Å². The Morgan fingerprint density at radius 1 is 1.24 bits per heavy atom. The number of aromatic nitrogens is 3. The second-order valence-corrected chi connectivity index (χ2v) is 4.81. The Labute approximate surface area is 104 Å². The van der Waals surface area contributed by atoms with E-state index in [1.807, 2.05) is 28.9 Å². The van der Waals surface area contributed by atoms with Crippen molar-refractivity contribution < 1.29 is 0 Å². The van der Waals surface area contributed by atoms with Gasteiger partial charge in [0.25, 0.3) is 0 Å². The molecule has 2 N–H and O–H groups in total. The van der Waals surface area contributed by atoms with Gasteiger partial charge in [-0.3, -0.25) is 0 Å². The van der Waals surface area contributed by atoms with Gasteiger partial charge >= 0.3 is 0 Å². The van der Waals surface area contributed by atoms with Gasteiger partial charge in [-0.25, -0.2) is 4.68 Å². The van der Waals surface area contributed by atoms with E-state index in [4.69, 9.17) is 17.3 Å². The van der Waals surface area contributed by atoms with E-state index >= 15 is 0 Å². The van der Waals surface area contributed by atoms with Gasteiger partial charge in [-0.1, -0.05) is 23.2 Å². The quantitative estimate of drug-likeness (QED) is 0.889. The molecule has 0 atom stereocenters. The second kappa shape index (κ2) is 4.04. The van der Waals surface area contributed by atoms with Crippen molar-refractivity contribution in [3.63, 3.8) is 0 Å². The average molecular weight is 249 g/mol. The van der Waals surface area contributed by atoms with Crippen LogP contribution in [0.2, 0.25) is 5.02 Å². The van der Waals surface area contributed by atoms with Crippen LogP contribution in [0.3, 0.4) is 0 Å². The third-order valence-corrected chi connectivity index (χ3v) is 3.55. The fourth-order valence-electron chi connectivity index (χ4n) is 2.14. The number of nitrogens with zero attached hydrogens (tertiary/aromatic N) is 3. The number of nitrogen functional groups attached to an aromatic ring is 1. The average Bonchev–Trinajstić information content (AvgIpc) is 2.61. The van der Waals surface area contributed by atoms with Crippen molar-refractivity contribution in [2.24, 2.45) is 0 Å². The molecule has 2 aromatic rings. The molecule has 4 nitrogen and oxygen atoms in total. The number of rotatable bonds is 2. The highest BCUT2D eigenvalue weighted by atomic mass is 35.5. The maximum absolute atomic E-state index is 5.90. The molecule has 0 spiro atoms. The summed E-state index contributed by atoms with van der Waals surface area (Å²) in [6.07, 6.45) is 3.60. The van der Waals surface area contributed by atoms with E-state index < -0.39 is 0 Å². The fourth-order valence-corrected chi connectivity index (χ4v) is 2.26. The highest BCUT2D eigenvalue weighted by Gasteiger charge is 2.27. The molecule has 0 aliphatic heterocycles. The van der Waals surface area contributed by atoms with Crippen molar-refractivity contribution in [2.75, 3.05) is 5.73 Å². The number of hydrogen-bond donors (Lipinski definition) is 1. The third-order valence-electron chi connectivity index (χ3n) is 3.30.